The maximum atomic E-state index is 13.7. The van der Waals surface area contributed by atoms with Gasteiger partial charge in [0.2, 0.25) is 0 Å². The molecule has 0 aromatic heterocycles. The first-order chi connectivity index (χ1) is 27.8. The number of piperazine rings is 1. The van der Waals surface area contributed by atoms with Crippen molar-refractivity contribution in [3.05, 3.63) is 48.1 Å². The highest BCUT2D eigenvalue weighted by molar-refractivity contribution is 6.12. The number of carbonyl (C=O) groups excluding carboxylic acids is 4. The summed E-state index contributed by atoms with van der Waals surface area (Å²) in [6.45, 7) is 15.2. The van der Waals surface area contributed by atoms with Crippen LogP contribution in [0.2, 0.25) is 0 Å². The lowest BCUT2D eigenvalue weighted by Crippen LogP contribution is -2.59. The Hall–Kier alpha value is -3.40. The van der Waals surface area contributed by atoms with Crippen molar-refractivity contribution in [3.8, 4) is 0 Å². The van der Waals surface area contributed by atoms with E-state index >= 15 is 0 Å². The number of unbranched alkanes of at least 4 members (excludes halogenated alkanes) is 3. The van der Waals surface area contributed by atoms with Gasteiger partial charge in [0.1, 0.15) is 11.7 Å². The van der Waals surface area contributed by atoms with Crippen molar-refractivity contribution >= 4 is 23.9 Å². The molecular weight excluding hydrogens is 759 g/mol. The number of ether oxygens (including phenoxy) is 4. The van der Waals surface area contributed by atoms with Gasteiger partial charge in [0, 0.05) is 44.1 Å². The second-order valence-electron chi connectivity index (χ2n) is 18.0. The highest BCUT2D eigenvalue weighted by Gasteiger charge is 2.47. The molecule has 3 N–H and O–H groups in total. The molecule has 2 saturated heterocycles. The van der Waals surface area contributed by atoms with Gasteiger partial charge in [0.25, 0.3) is 11.8 Å². The molecule has 0 aromatic carbocycles. The van der Waals surface area contributed by atoms with Crippen molar-refractivity contribution in [1.82, 2.24) is 9.80 Å². The van der Waals surface area contributed by atoms with Crippen molar-refractivity contribution < 1.29 is 57.9 Å². The summed E-state index contributed by atoms with van der Waals surface area (Å²) >= 11 is 0. The summed E-state index contributed by atoms with van der Waals surface area (Å²) in [5.74, 6) is -1.38. The summed E-state index contributed by atoms with van der Waals surface area (Å²) in [6, 6.07) is 0. The number of epoxide rings is 1. The van der Waals surface area contributed by atoms with E-state index in [2.05, 4.69) is 7.05 Å². The Bertz CT molecular complexity index is 1550. The quantitative estimate of drug-likeness (QED) is 0.0355. The number of quaternary nitrogens is 1. The van der Waals surface area contributed by atoms with Crippen LogP contribution in [0, 0.1) is 11.8 Å². The third-order valence-electron chi connectivity index (χ3n) is 12.8. The Morgan fingerprint density at radius 2 is 1.78 bits per heavy atom. The topological polar surface area (TPSA) is 176 Å². The number of cyclic esters (lactones) is 1. The molecule has 0 saturated carbocycles. The minimum atomic E-state index is -1.17. The van der Waals surface area contributed by atoms with Gasteiger partial charge in [-0.1, -0.05) is 51.5 Å². The van der Waals surface area contributed by atoms with Crippen LogP contribution >= 0.6 is 0 Å². The number of allylic oxidation sites excluding steroid dienone is 2. The van der Waals surface area contributed by atoms with Crippen LogP contribution < -0.4 is 0 Å². The first kappa shape index (κ1) is 48.3. The van der Waals surface area contributed by atoms with Gasteiger partial charge in [-0.25, -0.2) is 4.79 Å². The van der Waals surface area contributed by atoms with Gasteiger partial charge >= 0.3 is 12.1 Å². The average molecular weight is 831 g/mol. The Balaban J connectivity index is 1.36. The number of hydrogen-bond acceptors (Lipinski definition) is 11. The lowest BCUT2D eigenvalue weighted by Gasteiger charge is -2.42. The zero-order chi connectivity index (χ0) is 43.5. The molecule has 0 radical (unpaired) electrons. The van der Waals surface area contributed by atoms with Crippen LogP contribution in [0.5, 0.6) is 0 Å². The number of aliphatic hydroxyl groups is 3. The second kappa shape index (κ2) is 21.4. The minimum Gasteiger partial charge on any atom is -0.457 e. The van der Waals surface area contributed by atoms with E-state index in [4.69, 9.17) is 18.9 Å². The van der Waals surface area contributed by atoms with E-state index in [1.54, 1.807) is 43.2 Å². The van der Waals surface area contributed by atoms with E-state index < -0.39 is 47.7 Å². The maximum absolute atomic E-state index is 13.7. The van der Waals surface area contributed by atoms with Gasteiger partial charge in [-0.15, -0.1) is 0 Å². The van der Waals surface area contributed by atoms with Crippen LogP contribution in [-0.2, 0) is 33.3 Å². The third kappa shape index (κ3) is 14.1. The Labute approximate surface area is 351 Å². The molecule has 2 fully saturated rings. The number of hydrogen-bond donors (Lipinski definition) is 3. The molecule has 4 rings (SSSR count). The molecular formula is C45H72N3O11+. The Morgan fingerprint density at radius 3 is 2.42 bits per heavy atom. The van der Waals surface area contributed by atoms with E-state index in [1.165, 1.54) is 17.1 Å². The largest absolute Gasteiger partial charge is 0.457 e. The van der Waals surface area contributed by atoms with Crippen LogP contribution in [0.4, 0.5) is 4.79 Å². The highest BCUT2D eigenvalue weighted by Crippen LogP contribution is 2.38. The minimum absolute atomic E-state index is 0.0198. The first-order valence-electron chi connectivity index (χ1n) is 21.7. The van der Waals surface area contributed by atoms with Gasteiger partial charge < -0.3 is 38.8 Å². The van der Waals surface area contributed by atoms with Crippen molar-refractivity contribution in [2.75, 3.05) is 53.4 Å². The fourth-order valence-corrected chi connectivity index (χ4v) is 8.31. The third-order valence-corrected chi connectivity index (χ3v) is 12.8. The molecule has 3 unspecified atom stereocenters. The second-order valence-corrected chi connectivity index (χ2v) is 18.0. The number of likely N-dealkylation sites (N-methyl/N-ethyl adjacent to an activating group) is 1. The smallest absolute Gasteiger partial charge is 0.410 e. The number of amides is 3. The lowest BCUT2D eigenvalue weighted by molar-refractivity contribution is -0.913. The molecule has 0 aromatic rings. The number of rotatable bonds is 17. The van der Waals surface area contributed by atoms with E-state index in [-0.39, 0.29) is 48.7 Å². The summed E-state index contributed by atoms with van der Waals surface area (Å²) in [6.07, 6.45) is 13.0. The van der Waals surface area contributed by atoms with E-state index in [9.17, 15) is 34.5 Å². The highest BCUT2D eigenvalue weighted by atomic mass is 16.6. The lowest BCUT2D eigenvalue weighted by atomic mass is 9.88. The average Bonchev–Trinajstić information content (AvgIpc) is 3.87. The number of esters is 1. The van der Waals surface area contributed by atoms with Crippen LogP contribution in [0.25, 0.3) is 0 Å². The molecule has 0 bridgehead atoms. The van der Waals surface area contributed by atoms with Gasteiger partial charge in [0.15, 0.2) is 6.10 Å². The molecule has 10 atom stereocenters. The fraction of sp³-hybridized carbons (Fsp3) is 0.733. The molecule has 59 heavy (non-hydrogen) atoms. The summed E-state index contributed by atoms with van der Waals surface area (Å²) in [5, 5.41) is 32.2. The van der Waals surface area contributed by atoms with Crippen molar-refractivity contribution in [2.24, 2.45) is 11.8 Å². The van der Waals surface area contributed by atoms with Gasteiger partial charge in [-0.05, 0) is 70.9 Å². The molecule has 3 amide bonds. The van der Waals surface area contributed by atoms with E-state index in [0.29, 0.717) is 38.9 Å². The molecule has 0 spiro atoms. The van der Waals surface area contributed by atoms with Gasteiger partial charge in [-0.2, -0.15) is 0 Å². The molecule has 14 nitrogen and oxygen atoms in total. The van der Waals surface area contributed by atoms with Gasteiger partial charge in [0.05, 0.1) is 76.2 Å². The predicted molar refractivity (Wildman–Crippen MR) is 223 cm³/mol. The fourth-order valence-electron chi connectivity index (χ4n) is 8.31. The van der Waals surface area contributed by atoms with E-state index in [0.717, 1.165) is 55.4 Å². The van der Waals surface area contributed by atoms with Crippen LogP contribution in [0.1, 0.15) is 99.3 Å². The van der Waals surface area contributed by atoms with Crippen LogP contribution in [0.3, 0.4) is 0 Å². The molecule has 332 valence electrons. The van der Waals surface area contributed by atoms with Crippen molar-refractivity contribution in [3.63, 3.8) is 0 Å². The number of imide groups is 1. The van der Waals surface area contributed by atoms with E-state index in [1.807, 2.05) is 40.7 Å². The summed E-state index contributed by atoms with van der Waals surface area (Å²) in [5.41, 5.74) is -1.44. The standard InChI is InChI=1S/C45H72N3O11/c1-9-35(50)33(4)42-36(57-42)30-44(5,55)21-14-15-31(2)41-32(3)16-17-37(45(6,56-8)22-20-34(49)29-40(53)59-41)58-43(54)46-24-27-48(7,28-25-46)26-13-11-10-12-23-47-38(51)18-19-39(47)52/h14-19,21,32-37,41-42,49-50,55H,9-13,20,22-30H2,1-8H3/q+1/b17-16+,21-14+,31-15+/t32-,33?,34+,35?,36-,37-,41+,42-,44?,45+/m0/s1. The van der Waals surface area contributed by atoms with Gasteiger partial charge in [-0.3, -0.25) is 24.2 Å². The molecule has 4 heterocycles. The number of aliphatic hydroxyl groups excluding tert-OH is 2. The molecule has 4 aliphatic rings. The summed E-state index contributed by atoms with van der Waals surface area (Å²) in [7, 11) is 3.76. The number of nitrogens with zero attached hydrogens (tertiary/aromatic N) is 3. The Morgan fingerprint density at radius 1 is 1.12 bits per heavy atom. The zero-order valence-electron chi connectivity index (χ0n) is 36.7. The number of methoxy groups -OCH3 is 1. The zero-order valence-corrected chi connectivity index (χ0v) is 36.7. The van der Waals surface area contributed by atoms with Crippen LogP contribution in [-0.4, -0.2) is 155 Å². The van der Waals surface area contributed by atoms with Crippen molar-refractivity contribution in [2.45, 2.75) is 147 Å². The monoisotopic (exact) mass is 831 g/mol. The molecule has 4 aliphatic heterocycles. The SMILES string of the molecule is CCC(O)C(C)[C@@H]1O[C@H]1CC(C)(O)/C=C/C=C(\C)[C@H]1OC(=O)C[C@H](O)CC[C@@](C)(OC)[C@@H](OC(=O)N2CC[N+](C)(CCCCCCN3C(=O)C=CC3=O)CC2)/C=C/[C@@H]1C. The Kier molecular flexibility index (Phi) is 17.5. The predicted octanol–water partition coefficient (Wildman–Crippen LogP) is 4.61. The first-order valence-corrected chi connectivity index (χ1v) is 21.7. The summed E-state index contributed by atoms with van der Waals surface area (Å²) in [4.78, 5) is 53.4. The normalized spacial score (nSPS) is 31.9. The van der Waals surface area contributed by atoms with Crippen LogP contribution in [0.15, 0.2) is 48.1 Å². The number of carbonyl (C=O) groups is 4. The maximum Gasteiger partial charge on any atom is 0.410 e. The molecule has 0 aliphatic carbocycles. The van der Waals surface area contributed by atoms with Crippen molar-refractivity contribution in [1.29, 1.82) is 0 Å². The molecule has 14 heteroatoms. The summed E-state index contributed by atoms with van der Waals surface area (Å²) < 4.78 is 24.8.